The molecule has 2 aromatic heterocycles. The molecule has 1 saturated carbocycles. The van der Waals surface area contributed by atoms with Crippen molar-refractivity contribution >= 4 is 34.5 Å². The summed E-state index contributed by atoms with van der Waals surface area (Å²) >= 11 is 6.20. The van der Waals surface area contributed by atoms with Gasteiger partial charge < -0.3 is 9.67 Å². The number of halogens is 4. The fraction of sp³-hybridized carbons (Fsp3) is 0.480. The summed E-state index contributed by atoms with van der Waals surface area (Å²) in [6.07, 6.45) is 0.876. The lowest BCUT2D eigenvalue weighted by molar-refractivity contribution is -0.218. The van der Waals surface area contributed by atoms with Crippen molar-refractivity contribution in [1.29, 1.82) is 0 Å². The summed E-state index contributed by atoms with van der Waals surface area (Å²) in [6.45, 7) is 4.15. The number of carboxylic acid groups (broad SMARTS) is 1. The number of amides is 1. The second-order valence-electron chi connectivity index (χ2n) is 10.6. The largest absolute Gasteiger partial charge is 0.465 e. The first-order chi connectivity index (χ1) is 16.8. The number of piperazine rings is 1. The van der Waals surface area contributed by atoms with E-state index in [9.17, 15) is 9.90 Å². The quantitative estimate of drug-likeness (QED) is 0.401. The Hall–Kier alpha value is -3.01. The molecule has 1 aliphatic carbocycles. The van der Waals surface area contributed by atoms with Crippen molar-refractivity contribution in [3.05, 3.63) is 47.4 Å². The van der Waals surface area contributed by atoms with Gasteiger partial charge in [0.1, 0.15) is 17.8 Å². The van der Waals surface area contributed by atoms with Crippen LogP contribution in [0.1, 0.15) is 52.0 Å². The molecule has 1 aromatic carbocycles. The molecule has 1 aliphatic heterocycles. The lowest BCUT2D eigenvalue weighted by Crippen LogP contribution is -2.78. The van der Waals surface area contributed by atoms with Gasteiger partial charge in [-0.1, -0.05) is 38.4 Å². The van der Waals surface area contributed by atoms with Gasteiger partial charge in [0.05, 0.1) is 11.9 Å². The van der Waals surface area contributed by atoms with Crippen LogP contribution in [0.3, 0.4) is 0 Å². The maximum atomic E-state index is 16.8. The summed E-state index contributed by atoms with van der Waals surface area (Å²) < 4.78 is 51.1. The number of hydrogen-bond donors (Lipinski definition) is 1. The zero-order valence-electron chi connectivity index (χ0n) is 20.3. The molecule has 0 spiro atoms. The van der Waals surface area contributed by atoms with Gasteiger partial charge in [-0.3, -0.25) is 9.80 Å². The van der Waals surface area contributed by atoms with E-state index in [2.05, 4.69) is 9.97 Å². The number of carbonyl (C=O) groups is 1. The molecule has 192 valence electrons. The van der Waals surface area contributed by atoms with Crippen LogP contribution in [-0.2, 0) is 0 Å². The molecule has 2 fully saturated rings. The summed E-state index contributed by atoms with van der Waals surface area (Å²) in [6, 6.07) is 7.09. The molecule has 7 nitrogen and oxygen atoms in total. The van der Waals surface area contributed by atoms with Crippen LogP contribution in [0.5, 0.6) is 0 Å². The van der Waals surface area contributed by atoms with Gasteiger partial charge in [0.15, 0.2) is 6.30 Å². The number of fused-ring (bicyclic) bond motifs is 1. The average Bonchev–Trinajstić information content (AvgIpc) is 3.55. The molecule has 11 heteroatoms. The Bertz CT molecular complexity index is 1350. The molecule has 3 aromatic rings. The van der Waals surface area contributed by atoms with Crippen molar-refractivity contribution in [3.63, 3.8) is 0 Å². The van der Waals surface area contributed by atoms with Crippen molar-refractivity contribution in [3.8, 4) is 5.69 Å². The summed E-state index contributed by atoms with van der Waals surface area (Å²) in [4.78, 5) is 21.5. The van der Waals surface area contributed by atoms with Crippen LogP contribution in [0, 0.1) is 5.41 Å². The Morgan fingerprint density at radius 3 is 2.50 bits per heavy atom. The zero-order chi connectivity index (χ0) is 26.2. The second kappa shape index (κ2) is 7.99. The van der Waals surface area contributed by atoms with Crippen molar-refractivity contribution in [2.24, 2.45) is 5.41 Å². The van der Waals surface area contributed by atoms with E-state index in [0.717, 1.165) is 25.3 Å². The highest BCUT2D eigenvalue weighted by Gasteiger charge is 2.70. The Morgan fingerprint density at radius 1 is 1.22 bits per heavy atom. The van der Waals surface area contributed by atoms with Crippen LogP contribution in [0.15, 0.2) is 36.8 Å². The van der Waals surface area contributed by atoms with Gasteiger partial charge in [0.25, 0.3) is 0 Å². The third-order valence-electron chi connectivity index (χ3n) is 7.19. The minimum absolute atomic E-state index is 0.114. The molecule has 2 aliphatic rings. The SMILES string of the molecule is CC(C)(C)[C@@]1(F)N(C(=O)O)CC(F)N(c2ncnc3c2c(C2CC2)cn3-c2cccc(Cl)c2)C1(C)F. The number of anilines is 1. The van der Waals surface area contributed by atoms with Crippen molar-refractivity contribution in [2.45, 2.75) is 64.3 Å². The molecule has 1 saturated heterocycles. The summed E-state index contributed by atoms with van der Waals surface area (Å²) in [5.41, 5.74) is 0.359. The fourth-order valence-corrected chi connectivity index (χ4v) is 5.62. The molecule has 1 N–H and O–H groups in total. The molecular formula is C25H27ClF3N5O2. The number of benzene rings is 1. The first kappa shape index (κ1) is 24.7. The summed E-state index contributed by atoms with van der Waals surface area (Å²) in [5, 5.41) is 10.6. The maximum absolute atomic E-state index is 16.8. The van der Waals surface area contributed by atoms with E-state index in [1.165, 1.54) is 27.1 Å². The highest BCUT2D eigenvalue weighted by Crippen LogP contribution is 2.55. The van der Waals surface area contributed by atoms with Gasteiger partial charge in [-0.2, -0.15) is 0 Å². The Balaban J connectivity index is 1.76. The molecule has 3 heterocycles. The topological polar surface area (TPSA) is 74.5 Å². The first-order valence-corrected chi connectivity index (χ1v) is 12.1. The lowest BCUT2D eigenvalue weighted by Gasteiger charge is -2.58. The predicted molar refractivity (Wildman–Crippen MR) is 131 cm³/mol. The highest BCUT2D eigenvalue weighted by molar-refractivity contribution is 6.30. The first-order valence-electron chi connectivity index (χ1n) is 11.7. The molecule has 0 radical (unpaired) electrons. The summed E-state index contributed by atoms with van der Waals surface area (Å²) in [5.74, 6) is -6.18. The Morgan fingerprint density at radius 2 is 1.92 bits per heavy atom. The van der Waals surface area contributed by atoms with Crippen LogP contribution in [0.2, 0.25) is 5.02 Å². The van der Waals surface area contributed by atoms with Gasteiger partial charge in [0.2, 0.25) is 11.6 Å². The minimum Gasteiger partial charge on any atom is -0.465 e. The minimum atomic E-state index is -3.11. The number of alkyl halides is 3. The normalized spacial score (nSPS) is 27.1. The number of aromatic nitrogens is 3. The molecule has 1 amide bonds. The predicted octanol–water partition coefficient (Wildman–Crippen LogP) is 6.44. The van der Waals surface area contributed by atoms with E-state index >= 15 is 13.2 Å². The molecule has 36 heavy (non-hydrogen) atoms. The average molecular weight is 522 g/mol. The van der Waals surface area contributed by atoms with E-state index < -0.39 is 35.9 Å². The van der Waals surface area contributed by atoms with Crippen LogP contribution >= 0.6 is 11.6 Å². The van der Waals surface area contributed by atoms with Gasteiger partial charge in [-0.15, -0.1) is 0 Å². The molecular weight excluding hydrogens is 495 g/mol. The smallest absolute Gasteiger partial charge is 0.410 e. The van der Waals surface area contributed by atoms with Gasteiger partial charge >= 0.3 is 6.09 Å². The second-order valence-corrected chi connectivity index (χ2v) is 11.1. The maximum Gasteiger partial charge on any atom is 0.410 e. The monoisotopic (exact) mass is 521 g/mol. The van der Waals surface area contributed by atoms with Gasteiger partial charge in [-0.25, -0.2) is 27.9 Å². The van der Waals surface area contributed by atoms with Gasteiger partial charge in [-0.05, 0) is 49.4 Å². The Kier molecular flexibility index (Phi) is 5.48. The van der Waals surface area contributed by atoms with Crippen LogP contribution in [0.4, 0.5) is 23.8 Å². The van der Waals surface area contributed by atoms with E-state index in [1.54, 1.807) is 22.8 Å². The van der Waals surface area contributed by atoms with Gasteiger partial charge in [0, 0.05) is 22.3 Å². The number of nitrogens with zero attached hydrogens (tertiary/aromatic N) is 5. The van der Waals surface area contributed by atoms with E-state index in [0.29, 0.717) is 26.6 Å². The van der Waals surface area contributed by atoms with Crippen molar-refractivity contribution in [2.75, 3.05) is 11.4 Å². The van der Waals surface area contributed by atoms with Crippen LogP contribution in [0.25, 0.3) is 16.7 Å². The van der Waals surface area contributed by atoms with E-state index in [1.807, 2.05) is 12.3 Å². The van der Waals surface area contributed by atoms with Crippen LogP contribution in [-0.4, -0.2) is 55.1 Å². The third kappa shape index (κ3) is 3.44. The molecule has 3 atom stereocenters. The zero-order valence-corrected chi connectivity index (χ0v) is 21.1. The van der Waals surface area contributed by atoms with E-state index in [-0.39, 0.29) is 16.6 Å². The van der Waals surface area contributed by atoms with Crippen molar-refractivity contribution in [1.82, 2.24) is 19.4 Å². The number of hydrogen-bond acceptors (Lipinski definition) is 4. The lowest BCUT2D eigenvalue weighted by atomic mass is 9.75. The van der Waals surface area contributed by atoms with Crippen LogP contribution < -0.4 is 4.90 Å². The standard InChI is InChI=1S/C25H27ClF3N5O2/c1-23(2,3)25(29)24(4,28)34(18(27)12-33(25)22(35)36)21-19-17(14-8-9-14)11-32(20(19)30-13-31-21)16-7-5-6-15(26)10-16/h5-7,10-11,13-14,18H,8-9,12H2,1-4H3,(H,35,36)/t18?,24?,25-/m1/s1. The molecule has 2 unspecified atom stereocenters. The summed E-state index contributed by atoms with van der Waals surface area (Å²) in [7, 11) is 0. The molecule has 5 rings (SSSR count). The van der Waals surface area contributed by atoms with E-state index in [4.69, 9.17) is 11.6 Å². The third-order valence-corrected chi connectivity index (χ3v) is 7.43. The highest BCUT2D eigenvalue weighted by atomic mass is 35.5. The molecule has 0 bridgehead atoms. The van der Waals surface area contributed by atoms with Crippen molar-refractivity contribution < 1.29 is 23.1 Å². The Labute approximate surface area is 211 Å². The fourth-order valence-electron chi connectivity index (χ4n) is 5.44. The number of rotatable bonds is 3.